The summed E-state index contributed by atoms with van der Waals surface area (Å²) in [5, 5.41) is 16.8. The molecule has 0 aliphatic carbocycles. The van der Waals surface area contributed by atoms with Crippen molar-refractivity contribution in [2.24, 2.45) is 13.0 Å². The number of rotatable bonds is 5. The van der Waals surface area contributed by atoms with Crippen LogP contribution in [0.15, 0.2) is 6.07 Å². The predicted octanol–water partition coefficient (Wildman–Crippen LogP) is 0.835. The van der Waals surface area contributed by atoms with E-state index in [-0.39, 0.29) is 12.6 Å². The molecule has 0 radical (unpaired) electrons. The van der Waals surface area contributed by atoms with Crippen LogP contribution in [-0.2, 0) is 13.6 Å². The second-order valence-corrected chi connectivity index (χ2v) is 4.31. The Bertz CT molecular complexity index is 307. The Morgan fingerprint density at radius 3 is 2.60 bits per heavy atom. The molecule has 0 fully saturated rings. The summed E-state index contributed by atoms with van der Waals surface area (Å²) in [6.07, 6.45) is 0. The highest BCUT2D eigenvalue weighted by molar-refractivity contribution is 5.08. The third-order valence-corrected chi connectivity index (χ3v) is 2.65. The summed E-state index contributed by atoms with van der Waals surface area (Å²) in [6, 6.07) is 2.21. The second-order valence-electron chi connectivity index (χ2n) is 4.31. The van der Waals surface area contributed by atoms with E-state index in [2.05, 4.69) is 30.3 Å². The van der Waals surface area contributed by atoms with Gasteiger partial charge in [0.2, 0.25) is 0 Å². The Labute approximate surface area is 91.3 Å². The molecule has 0 saturated carbocycles. The van der Waals surface area contributed by atoms with E-state index in [1.54, 1.807) is 0 Å². The minimum atomic E-state index is 0.153. The molecule has 4 heteroatoms. The van der Waals surface area contributed by atoms with Crippen LogP contribution in [0.25, 0.3) is 0 Å². The highest BCUT2D eigenvalue weighted by Crippen LogP contribution is 2.05. The molecule has 0 aliphatic heterocycles. The highest BCUT2D eigenvalue weighted by atomic mass is 16.3. The third kappa shape index (κ3) is 3.32. The highest BCUT2D eigenvalue weighted by Gasteiger charge is 2.12. The largest absolute Gasteiger partial charge is 0.395 e. The summed E-state index contributed by atoms with van der Waals surface area (Å²) >= 11 is 0. The molecule has 0 amide bonds. The van der Waals surface area contributed by atoms with E-state index in [1.165, 1.54) is 0 Å². The first-order valence-electron chi connectivity index (χ1n) is 5.38. The van der Waals surface area contributed by atoms with Gasteiger partial charge in [-0.25, -0.2) is 0 Å². The van der Waals surface area contributed by atoms with Crippen LogP contribution in [0.3, 0.4) is 0 Å². The summed E-state index contributed by atoms with van der Waals surface area (Å²) in [5.74, 6) is 0.435. The van der Waals surface area contributed by atoms with Gasteiger partial charge in [0.25, 0.3) is 0 Å². The molecule has 1 atom stereocenters. The molecule has 1 unspecified atom stereocenters. The maximum Gasteiger partial charge on any atom is 0.0597 e. The molecule has 0 saturated heterocycles. The van der Waals surface area contributed by atoms with Crippen molar-refractivity contribution in [1.82, 2.24) is 15.1 Å². The van der Waals surface area contributed by atoms with Crippen molar-refractivity contribution >= 4 is 0 Å². The Kier molecular flexibility index (Phi) is 4.29. The summed E-state index contributed by atoms with van der Waals surface area (Å²) < 4.78 is 1.87. The lowest BCUT2D eigenvalue weighted by Crippen LogP contribution is -2.36. The van der Waals surface area contributed by atoms with Gasteiger partial charge in [0.05, 0.1) is 18.0 Å². The fraction of sp³-hybridized carbons (Fsp3) is 0.727. The monoisotopic (exact) mass is 211 g/mol. The van der Waals surface area contributed by atoms with E-state index in [1.807, 2.05) is 18.7 Å². The number of nitrogens with one attached hydrogen (secondary N) is 1. The molecule has 1 aromatic rings. The van der Waals surface area contributed by atoms with Gasteiger partial charge in [-0.2, -0.15) is 5.10 Å². The molecule has 2 N–H and O–H groups in total. The van der Waals surface area contributed by atoms with Crippen molar-refractivity contribution in [3.05, 3.63) is 17.5 Å². The van der Waals surface area contributed by atoms with E-state index >= 15 is 0 Å². The average molecular weight is 211 g/mol. The van der Waals surface area contributed by atoms with E-state index in [0.717, 1.165) is 17.9 Å². The molecular weight excluding hydrogens is 190 g/mol. The number of hydrogen-bond donors (Lipinski definition) is 2. The molecule has 0 aromatic carbocycles. The lowest BCUT2D eigenvalue weighted by molar-refractivity contribution is 0.209. The summed E-state index contributed by atoms with van der Waals surface area (Å²) in [5.41, 5.74) is 2.17. The molecular formula is C11H21N3O. The molecule has 0 bridgehead atoms. The van der Waals surface area contributed by atoms with Crippen molar-refractivity contribution in [3.8, 4) is 0 Å². The van der Waals surface area contributed by atoms with E-state index in [0.29, 0.717) is 5.92 Å². The third-order valence-electron chi connectivity index (χ3n) is 2.65. The number of nitrogens with zero attached hydrogens (tertiary/aromatic N) is 2. The van der Waals surface area contributed by atoms with Crippen LogP contribution < -0.4 is 5.32 Å². The van der Waals surface area contributed by atoms with E-state index in [4.69, 9.17) is 5.11 Å². The van der Waals surface area contributed by atoms with Crippen LogP contribution in [0.5, 0.6) is 0 Å². The fourth-order valence-corrected chi connectivity index (χ4v) is 1.58. The normalized spacial score (nSPS) is 13.5. The smallest absolute Gasteiger partial charge is 0.0597 e. The molecule has 0 spiro atoms. The molecule has 0 aliphatic rings. The van der Waals surface area contributed by atoms with Crippen LogP contribution in [-0.4, -0.2) is 27.5 Å². The van der Waals surface area contributed by atoms with Gasteiger partial charge in [0.1, 0.15) is 0 Å². The molecule has 4 nitrogen and oxygen atoms in total. The number of aromatic nitrogens is 2. The topological polar surface area (TPSA) is 50.1 Å². The number of aryl methyl sites for hydroxylation is 2. The lowest BCUT2D eigenvalue weighted by Gasteiger charge is -2.19. The number of hydrogen-bond acceptors (Lipinski definition) is 3. The average Bonchev–Trinajstić information content (AvgIpc) is 2.45. The molecule has 86 valence electrons. The Morgan fingerprint density at radius 1 is 1.53 bits per heavy atom. The first-order chi connectivity index (χ1) is 7.04. The summed E-state index contributed by atoms with van der Waals surface area (Å²) in [7, 11) is 1.94. The minimum Gasteiger partial charge on any atom is -0.395 e. The van der Waals surface area contributed by atoms with Gasteiger partial charge in [-0.3, -0.25) is 4.68 Å². The van der Waals surface area contributed by atoms with Gasteiger partial charge < -0.3 is 10.4 Å². The van der Waals surface area contributed by atoms with Crippen LogP contribution in [0.4, 0.5) is 0 Å². The van der Waals surface area contributed by atoms with Crippen LogP contribution >= 0.6 is 0 Å². The summed E-state index contributed by atoms with van der Waals surface area (Å²) in [6.45, 7) is 7.11. The molecule has 15 heavy (non-hydrogen) atoms. The zero-order chi connectivity index (χ0) is 11.4. The van der Waals surface area contributed by atoms with Crippen LogP contribution in [0.1, 0.15) is 25.2 Å². The van der Waals surface area contributed by atoms with Gasteiger partial charge in [-0.15, -0.1) is 0 Å². The number of aliphatic hydroxyl groups is 1. The standard InChI is InChI=1S/C11H21N3O/c1-8(2)11(7-15)12-6-10-5-9(3)13-14(10)4/h5,8,11-12,15H,6-7H2,1-4H3. The summed E-state index contributed by atoms with van der Waals surface area (Å²) in [4.78, 5) is 0. The van der Waals surface area contributed by atoms with E-state index < -0.39 is 0 Å². The van der Waals surface area contributed by atoms with Crippen LogP contribution in [0, 0.1) is 12.8 Å². The zero-order valence-corrected chi connectivity index (χ0v) is 9.99. The Morgan fingerprint density at radius 2 is 2.20 bits per heavy atom. The predicted molar refractivity (Wildman–Crippen MR) is 60.5 cm³/mol. The molecule has 1 rings (SSSR count). The van der Waals surface area contributed by atoms with Crippen molar-refractivity contribution in [1.29, 1.82) is 0 Å². The van der Waals surface area contributed by atoms with Crippen LogP contribution in [0.2, 0.25) is 0 Å². The van der Waals surface area contributed by atoms with Gasteiger partial charge >= 0.3 is 0 Å². The zero-order valence-electron chi connectivity index (χ0n) is 9.99. The maximum absolute atomic E-state index is 9.16. The van der Waals surface area contributed by atoms with Crippen molar-refractivity contribution in [2.45, 2.75) is 33.4 Å². The Hall–Kier alpha value is -0.870. The SMILES string of the molecule is Cc1cc(CNC(CO)C(C)C)n(C)n1. The van der Waals surface area contributed by atoms with E-state index in [9.17, 15) is 0 Å². The fourth-order valence-electron chi connectivity index (χ4n) is 1.58. The maximum atomic E-state index is 9.16. The van der Waals surface area contributed by atoms with Gasteiger partial charge in [0.15, 0.2) is 0 Å². The van der Waals surface area contributed by atoms with Gasteiger partial charge in [0, 0.05) is 19.6 Å². The quantitative estimate of drug-likeness (QED) is 0.758. The van der Waals surface area contributed by atoms with Crippen molar-refractivity contribution < 1.29 is 5.11 Å². The minimum absolute atomic E-state index is 0.153. The van der Waals surface area contributed by atoms with Gasteiger partial charge in [-0.1, -0.05) is 13.8 Å². The molecule has 1 heterocycles. The van der Waals surface area contributed by atoms with Crippen molar-refractivity contribution in [2.75, 3.05) is 6.61 Å². The first-order valence-corrected chi connectivity index (χ1v) is 5.38. The van der Waals surface area contributed by atoms with Crippen molar-refractivity contribution in [3.63, 3.8) is 0 Å². The first kappa shape index (κ1) is 12.2. The van der Waals surface area contributed by atoms with Gasteiger partial charge in [-0.05, 0) is 18.9 Å². The number of aliphatic hydroxyl groups excluding tert-OH is 1. The Balaban J connectivity index is 2.52. The second kappa shape index (κ2) is 5.28. The molecule has 1 aromatic heterocycles. The lowest BCUT2D eigenvalue weighted by atomic mass is 10.1.